The number of carboxylic acid groups (broad SMARTS) is 1. The Kier molecular flexibility index (Phi) is 3.74. The van der Waals surface area contributed by atoms with Crippen LogP contribution in [0.2, 0.25) is 0 Å². The molecule has 2 atom stereocenters. The lowest BCUT2D eigenvalue weighted by molar-refractivity contribution is -0.164. The fourth-order valence-corrected chi connectivity index (χ4v) is 1.99. The van der Waals surface area contributed by atoms with Crippen molar-refractivity contribution in [2.75, 3.05) is 6.54 Å². The van der Waals surface area contributed by atoms with Crippen molar-refractivity contribution in [3.05, 3.63) is 24.2 Å². The quantitative estimate of drug-likeness (QED) is 0.899. The van der Waals surface area contributed by atoms with Gasteiger partial charge in [-0.15, -0.1) is 0 Å². The molecular weight excluding hydrogens is 279 g/mol. The molecule has 0 radical (unpaired) electrons. The lowest BCUT2D eigenvalue weighted by Crippen LogP contribution is -2.39. The summed E-state index contributed by atoms with van der Waals surface area (Å²) in [5.74, 6) is -3.49. The first-order chi connectivity index (χ1) is 9.28. The van der Waals surface area contributed by atoms with E-state index in [0.29, 0.717) is 4.90 Å². The summed E-state index contributed by atoms with van der Waals surface area (Å²) in [7, 11) is 0. The number of hydrogen-bond acceptors (Lipinski definition) is 3. The molecule has 5 nitrogen and oxygen atoms in total. The van der Waals surface area contributed by atoms with Crippen molar-refractivity contribution < 1.29 is 32.3 Å². The Morgan fingerprint density at radius 3 is 2.55 bits per heavy atom. The van der Waals surface area contributed by atoms with Crippen molar-refractivity contribution in [2.45, 2.75) is 19.1 Å². The molecule has 1 fully saturated rings. The van der Waals surface area contributed by atoms with Gasteiger partial charge >= 0.3 is 12.1 Å². The second-order valence-electron chi connectivity index (χ2n) is 4.68. The zero-order chi connectivity index (χ0) is 14.9. The molecule has 1 amide bonds. The summed E-state index contributed by atoms with van der Waals surface area (Å²) in [5, 5.41) is 8.73. The second kappa shape index (κ2) is 5.18. The molecule has 1 aromatic rings. The number of hydrogen-bond donors (Lipinski definition) is 1. The van der Waals surface area contributed by atoms with Crippen LogP contribution in [0.5, 0.6) is 0 Å². The van der Waals surface area contributed by atoms with Crippen molar-refractivity contribution in [1.29, 1.82) is 0 Å². The molecule has 0 bridgehead atoms. The highest BCUT2D eigenvalue weighted by Gasteiger charge is 2.51. The van der Waals surface area contributed by atoms with Crippen molar-refractivity contribution in [2.24, 2.45) is 11.8 Å². The Morgan fingerprint density at radius 2 is 2.10 bits per heavy atom. The Balaban J connectivity index is 2.06. The standard InChI is InChI=1S/C12H12F3NO4/c13-12(14,15)6-16(5-7-2-1-3-20-7)10(17)8-4-9(8)11(18)19/h1-3,8-9H,4-6H2,(H,18,19)/t8-,9+/m1/s1. The molecule has 1 N–H and O–H groups in total. The highest BCUT2D eigenvalue weighted by molar-refractivity contribution is 5.89. The molecule has 0 aliphatic heterocycles. The van der Waals surface area contributed by atoms with E-state index < -0.39 is 36.4 Å². The lowest BCUT2D eigenvalue weighted by atomic mass is 10.2. The van der Waals surface area contributed by atoms with Crippen LogP contribution in [0, 0.1) is 11.8 Å². The van der Waals surface area contributed by atoms with E-state index in [1.807, 2.05) is 0 Å². The average molecular weight is 291 g/mol. The Bertz CT molecular complexity index is 497. The minimum Gasteiger partial charge on any atom is -0.481 e. The van der Waals surface area contributed by atoms with Gasteiger partial charge in [0.05, 0.1) is 24.6 Å². The van der Waals surface area contributed by atoms with E-state index in [4.69, 9.17) is 9.52 Å². The first-order valence-electron chi connectivity index (χ1n) is 5.88. The van der Waals surface area contributed by atoms with Crippen LogP contribution in [-0.2, 0) is 16.1 Å². The minimum atomic E-state index is -4.55. The fourth-order valence-electron chi connectivity index (χ4n) is 1.99. The van der Waals surface area contributed by atoms with Gasteiger partial charge in [-0.1, -0.05) is 0 Å². The van der Waals surface area contributed by atoms with E-state index in [0.717, 1.165) is 0 Å². The topological polar surface area (TPSA) is 70.8 Å². The summed E-state index contributed by atoms with van der Waals surface area (Å²) in [6, 6.07) is 2.96. The smallest absolute Gasteiger partial charge is 0.406 e. The highest BCUT2D eigenvalue weighted by Crippen LogP contribution is 2.40. The monoisotopic (exact) mass is 291 g/mol. The van der Waals surface area contributed by atoms with Gasteiger partial charge in [-0.3, -0.25) is 9.59 Å². The number of alkyl halides is 3. The number of nitrogens with zero attached hydrogens (tertiary/aromatic N) is 1. The van der Waals surface area contributed by atoms with Gasteiger partial charge in [-0.2, -0.15) is 13.2 Å². The molecule has 0 aromatic carbocycles. The minimum absolute atomic E-state index is 0.0840. The van der Waals surface area contributed by atoms with E-state index in [1.165, 1.54) is 18.4 Å². The highest BCUT2D eigenvalue weighted by atomic mass is 19.4. The van der Waals surface area contributed by atoms with Crippen LogP contribution in [0.4, 0.5) is 13.2 Å². The van der Waals surface area contributed by atoms with E-state index in [2.05, 4.69) is 0 Å². The van der Waals surface area contributed by atoms with E-state index in [-0.39, 0.29) is 18.7 Å². The maximum atomic E-state index is 12.5. The molecule has 1 aromatic heterocycles. The Labute approximate surface area is 112 Å². The molecular formula is C12H12F3NO4. The zero-order valence-electron chi connectivity index (χ0n) is 10.3. The summed E-state index contributed by atoms with van der Waals surface area (Å²) < 4.78 is 42.4. The summed E-state index contributed by atoms with van der Waals surface area (Å²) in [5.41, 5.74) is 0. The zero-order valence-corrected chi connectivity index (χ0v) is 10.3. The third-order valence-corrected chi connectivity index (χ3v) is 3.03. The molecule has 0 saturated heterocycles. The van der Waals surface area contributed by atoms with Gasteiger partial charge in [0.1, 0.15) is 12.3 Å². The van der Waals surface area contributed by atoms with Gasteiger partial charge in [0.2, 0.25) is 5.91 Å². The predicted octanol–water partition coefficient (Wildman–Crippen LogP) is 1.89. The lowest BCUT2D eigenvalue weighted by Gasteiger charge is -2.23. The van der Waals surface area contributed by atoms with Gasteiger partial charge in [0.15, 0.2) is 0 Å². The Morgan fingerprint density at radius 1 is 1.40 bits per heavy atom. The first-order valence-corrected chi connectivity index (χ1v) is 5.88. The summed E-state index contributed by atoms with van der Waals surface area (Å²) in [6.45, 7) is -1.75. The van der Waals surface area contributed by atoms with E-state index >= 15 is 0 Å². The maximum Gasteiger partial charge on any atom is 0.406 e. The maximum absolute atomic E-state index is 12.5. The fraction of sp³-hybridized carbons (Fsp3) is 0.500. The molecule has 1 aliphatic rings. The number of furan rings is 1. The van der Waals surface area contributed by atoms with E-state index in [1.54, 1.807) is 0 Å². The second-order valence-corrected chi connectivity index (χ2v) is 4.68. The third kappa shape index (κ3) is 3.52. The number of rotatable bonds is 5. The van der Waals surface area contributed by atoms with Crippen molar-refractivity contribution in [3.8, 4) is 0 Å². The van der Waals surface area contributed by atoms with Crippen LogP contribution in [0.25, 0.3) is 0 Å². The molecule has 2 rings (SSSR count). The number of carboxylic acids is 1. The molecule has 0 spiro atoms. The van der Waals surface area contributed by atoms with Crippen LogP contribution >= 0.6 is 0 Å². The van der Waals surface area contributed by atoms with Crippen molar-refractivity contribution in [3.63, 3.8) is 0 Å². The normalized spacial score (nSPS) is 21.6. The van der Waals surface area contributed by atoms with Crippen LogP contribution in [0.1, 0.15) is 12.2 Å². The number of amides is 1. The summed E-state index contributed by atoms with van der Waals surface area (Å²) >= 11 is 0. The SMILES string of the molecule is O=C(O)[C@H]1C[C@H]1C(=O)N(Cc1ccco1)CC(F)(F)F. The average Bonchev–Trinajstić information content (AvgIpc) is 2.97. The number of halogens is 3. The summed E-state index contributed by atoms with van der Waals surface area (Å²) in [6.07, 6.45) is -3.17. The molecule has 1 saturated carbocycles. The Hall–Kier alpha value is -1.99. The summed E-state index contributed by atoms with van der Waals surface area (Å²) in [4.78, 5) is 23.2. The van der Waals surface area contributed by atoms with E-state index in [9.17, 15) is 22.8 Å². The molecule has 8 heteroatoms. The van der Waals surface area contributed by atoms with Crippen molar-refractivity contribution in [1.82, 2.24) is 4.90 Å². The molecule has 1 heterocycles. The number of aliphatic carboxylic acids is 1. The number of carbonyl (C=O) groups excluding carboxylic acids is 1. The van der Waals surface area contributed by atoms with Crippen LogP contribution < -0.4 is 0 Å². The van der Waals surface area contributed by atoms with Crippen molar-refractivity contribution >= 4 is 11.9 Å². The van der Waals surface area contributed by atoms with Crippen LogP contribution in [0.3, 0.4) is 0 Å². The van der Waals surface area contributed by atoms with Gasteiger partial charge in [-0.25, -0.2) is 0 Å². The van der Waals surface area contributed by atoms with Gasteiger partial charge in [0, 0.05) is 0 Å². The van der Waals surface area contributed by atoms with Gasteiger partial charge in [0.25, 0.3) is 0 Å². The molecule has 20 heavy (non-hydrogen) atoms. The molecule has 0 unspecified atom stereocenters. The molecule has 110 valence electrons. The van der Waals surface area contributed by atoms with Gasteiger partial charge in [-0.05, 0) is 18.6 Å². The first kappa shape index (κ1) is 14.4. The number of carbonyl (C=O) groups is 2. The largest absolute Gasteiger partial charge is 0.481 e. The van der Waals surface area contributed by atoms with Crippen LogP contribution in [-0.4, -0.2) is 34.6 Å². The third-order valence-electron chi connectivity index (χ3n) is 3.03. The van der Waals surface area contributed by atoms with Crippen LogP contribution in [0.15, 0.2) is 22.8 Å². The molecule has 1 aliphatic carbocycles. The predicted molar refractivity (Wildman–Crippen MR) is 59.4 cm³/mol. The van der Waals surface area contributed by atoms with Gasteiger partial charge < -0.3 is 14.4 Å².